The first kappa shape index (κ1) is 16.3. The Morgan fingerprint density at radius 1 is 1.36 bits per heavy atom. The molecule has 0 aromatic carbocycles. The Labute approximate surface area is 150 Å². The number of aryl methyl sites for hydroxylation is 1. The largest absolute Gasteiger partial charge is 0.477 e. The maximum absolute atomic E-state index is 12.4. The quantitative estimate of drug-likeness (QED) is 0.581. The summed E-state index contributed by atoms with van der Waals surface area (Å²) < 4.78 is 0.745. The molecular weight excluding hydrogens is 368 g/mol. The zero-order valence-electron chi connectivity index (χ0n) is 13.1. The number of hydrogen-bond donors (Lipinski definition) is 2. The molecule has 11 heteroatoms. The summed E-state index contributed by atoms with van der Waals surface area (Å²) >= 11 is 2.83. The Hall–Kier alpha value is -2.14. The van der Waals surface area contributed by atoms with E-state index in [1.54, 1.807) is 0 Å². The van der Waals surface area contributed by atoms with E-state index in [0.29, 0.717) is 17.7 Å². The van der Waals surface area contributed by atoms with E-state index in [2.05, 4.69) is 10.2 Å². The van der Waals surface area contributed by atoms with Gasteiger partial charge in [0.1, 0.15) is 16.7 Å². The van der Waals surface area contributed by atoms with Crippen molar-refractivity contribution in [1.29, 1.82) is 0 Å². The van der Waals surface area contributed by atoms with Crippen LogP contribution >= 0.6 is 23.1 Å². The van der Waals surface area contributed by atoms with Crippen LogP contribution in [0.4, 0.5) is 4.79 Å². The number of hydrogen-bond acceptors (Lipinski definition) is 7. The molecule has 2 saturated heterocycles. The van der Waals surface area contributed by atoms with Gasteiger partial charge in [-0.2, -0.15) is 0 Å². The first-order chi connectivity index (χ1) is 11.9. The third-order valence-corrected chi connectivity index (χ3v) is 6.86. The monoisotopic (exact) mass is 382 g/mol. The standard InChI is InChI=1S/C14H14N4O5S2/c1-5-15-16-13(25-5)24-4-7-6-2-3-17(14(22)23)10-8(6)18(11(10)19)9(7)12(20)21/h6,8,10H,2-4H2,1H3,(H,20,21)(H,22,23)/t6?,8-,10+/m1/s1. The van der Waals surface area contributed by atoms with Crippen LogP contribution in [0.25, 0.3) is 0 Å². The third-order valence-electron chi connectivity index (χ3n) is 4.84. The number of piperidine rings is 1. The third kappa shape index (κ3) is 2.33. The van der Waals surface area contributed by atoms with E-state index in [1.165, 1.54) is 28.0 Å². The summed E-state index contributed by atoms with van der Waals surface area (Å²) in [5.74, 6) is -1.31. The topological polar surface area (TPSA) is 124 Å². The number of aliphatic carboxylic acids is 1. The van der Waals surface area contributed by atoms with Gasteiger partial charge >= 0.3 is 12.1 Å². The Morgan fingerprint density at radius 3 is 2.72 bits per heavy atom. The maximum atomic E-state index is 12.4. The van der Waals surface area contributed by atoms with E-state index < -0.39 is 30.1 Å². The second-order valence-electron chi connectivity index (χ2n) is 6.07. The predicted octanol–water partition coefficient (Wildman–Crippen LogP) is 0.870. The van der Waals surface area contributed by atoms with Crippen molar-refractivity contribution < 1.29 is 24.6 Å². The van der Waals surface area contributed by atoms with E-state index in [9.17, 15) is 24.6 Å². The summed E-state index contributed by atoms with van der Waals surface area (Å²) in [6, 6.07) is -1.16. The van der Waals surface area contributed by atoms with Gasteiger partial charge in [0.05, 0.1) is 6.04 Å². The first-order valence-corrected chi connectivity index (χ1v) is 9.42. The highest BCUT2D eigenvalue weighted by atomic mass is 32.2. The van der Waals surface area contributed by atoms with Gasteiger partial charge in [0.2, 0.25) is 0 Å². The van der Waals surface area contributed by atoms with Gasteiger partial charge in [-0.25, -0.2) is 9.59 Å². The molecule has 9 nitrogen and oxygen atoms in total. The number of β-lactam (4-membered cyclic amide) rings is 1. The van der Waals surface area contributed by atoms with Crippen LogP contribution in [-0.2, 0) is 9.59 Å². The Balaban J connectivity index is 1.63. The molecule has 2 amide bonds. The van der Waals surface area contributed by atoms with Crippen LogP contribution in [0, 0.1) is 12.8 Å². The summed E-state index contributed by atoms with van der Waals surface area (Å²) in [4.78, 5) is 37.9. The minimum atomic E-state index is -1.15. The molecule has 0 spiro atoms. The van der Waals surface area contributed by atoms with Crippen molar-refractivity contribution in [2.75, 3.05) is 12.3 Å². The highest BCUT2D eigenvalue weighted by Gasteiger charge is 2.64. The average Bonchev–Trinajstić information content (AvgIpc) is 3.11. The second kappa shape index (κ2) is 5.70. The number of aromatic nitrogens is 2. The molecule has 1 aromatic heterocycles. The smallest absolute Gasteiger partial charge is 0.408 e. The number of rotatable bonds is 4. The molecule has 25 heavy (non-hydrogen) atoms. The lowest BCUT2D eigenvalue weighted by molar-refractivity contribution is -0.161. The van der Waals surface area contributed by atoms with E-state index in [1.807, 2.05) is 6.92 Å². The Bertz CT molecular complexity index is 822. The fourth-order valence-electron chi connectivity index (χ4n) is 3.88. The van der Waals surface area contributed by atoms with Crippen molar-refractivity contribution in [2.24, 2.45) is 5.92 Å². The van der Waals surface area contributed by atoms with Gasteiger partial charge in [-0.15, -0.1) is 10.2 Å². The van der Waals surface area contributed by atoms with E-state index >= 15 is 0 Å². The zero-order chi connectivity index (χ0) is 17.9. The molecule has 0 bridgehead atoms. The molecular formula is C14H14N4O5S2. The summed E-state index contributed by atoms with van der Waals surface area (Å²) in [5.41, 5.74) is 0.702. The van der Waals surface area contributed by atoms with Crippen LogP contribution in [0.3, 0.4) is 0 Å². The van der Waals surface area contributed by atoms with Gasteiger partial charge in [0, 0.05) is 18.2 Å². The summed E-state index contributed by atoms with van der Waals surface area (Å²) in [5, 5.41) is 27.7. The van der Waals surface area contributed by atoms with Gasteiger partial charge in [-0.1, -0.05) is 23.1 Å². The van der Waals surface area contributed by atoms with Crippen LogP contribution in [0.1, 0.15) is 11.4 Å². The number of amides is 2. The molecule has 3 aliphatic rings. The van der Waals surface area contributed by atoms with Crippen LogP contribution < -0.4 is 0 Å². The summed E-state index contributed by atoms with van der Waals surface area (Å²) in [6.45, 7) is 2.08. The molecule has 4 rings (SSSR count). The molecule has 0 radical (unpaired) electrons. The average molecular weight is 382 g/mol. The van der Waals surface area contributed by atoms with E-state index in [-0.39, 0.29) is 18.2 Å². The molecule has 3 aliphatic heterocycles. The fourth-order valence-corrected chi connectivity index (χ4v) is 5.80. The zero-order valence-corrected chi connectivity index (χ0v) is 14.7. The number of carbonyl (C=O) groups is 3. The summed E-state index contributed by atoms with van der Waals surface area (Å²) in [7, 11) is 0. The lowest BCUT2D eigenvalue weighted by Gasteiger charge is -2.52. The Morgan fingerprint density at radius 2 is 2.12 bits per heavy atom. The van der Waals surface area contributed by atoms with Gasteiger partial charge in [0.15, 0.2) is 4.34 Å². The van der Waals surface area contributed by atoms with Crippen LogP contribution in [0.2, 0.25) is 0 Å². The van der Waals surface area contributed by atoms with Crippen molar-refractivity contribution in [2.45, 2.75) is 29.8 Å². The number of likely N-dealkylation sites (tertiary alicyclic amines) is 1. The van der Waals surface area contributed by atoms with Crippen molar-refractivity contribution >= 4 is 41.1 Å². The van der Waals surface area contributed by atoms with Gasteiger partial charge in [-0.3, -0.25) is 14.6 Å². The highest BCUT2D eigenvalue weighted by molar-refractivity contribution is 8.01. The number of nitrogens with zero attached hydrogens (tertiary/aromatic N) is 4. The van der Waals surface area contributed by atoms with Crippen LogP contribution in [0.5, 0.6) is 0 Å². The lowest BCUT2D eigenvalue weighted by Crippen LogP contribution is -2.73. The minimum absolute atomic E-state index is 0.0113. The number of thioether (sulfide) groups is 1. The molecule has 1 aromatic rings. The Kier molecular flexibility index (Phi) is 3.72. The normalized spacial score (nSPS) is 27.4. The van der Waals surface area contributed by atoms with Crippen molar-refractivity contribution in [3.05, 3.63) is 16.3 Å². The van der Waals surface area contributed by atoms with Gasteiger partial charge < -0.3 is 10.2 Å². The minimum Gasteiger partial charge on any atom is -0.477 e. The summed E-state index contributed by atoms with van der Waals surface area (Å²) in [6.07, 6.45) is -0.625. The molecule has 132 valence electrons. The lowest BCUT2D eigenvalue weighted by atomic mass is 9.78. The molecule has 4 heterocycles. The van der Waals surface area contributed by atoms with Crippen molar-refractivity contribution in [1.82, 2.24) is 20.0 Å². The second-order valence-corrected chi connectivity index (χ2v) is 8.47. The maximum Gasteiger partial charge on any atom is 0.408 e. The fraction of sp³-hybridized carbons (Fsp3) is 0.500. The van der Waals surface area contributed by atoms with Crippen molar-refractivity contribution in [3.8, 4) is 0 Å². The highest BCUT2D eigenvalue weighted by Crippen LogP contribution is 2.50. The number of carboxylic acids is 1. The predicted molar refractivity (Wildman–Crippen MR) is 87.3 cm³/mol. The number of carboxylic acid groups (broad SMARTS) is 2. The first-order valence-electron chi connectivity index (χ1n) is 7.62. The van der Waals surface area contributed by atoms with Gasteiger partial charge in [-0.05, 0) is 18.9 Å². The van der Waals surface area contributed by atoms with Crippen LogP contribution in [0.15, 0.2) is 15.6 Å². The molecule has 3 atom stereocenters. The molecule has 2 N–H and O–H groups in total. The number of carbonyl (C=O) groups excluding carboxylic acids is 1. The van der Waals surface area contributed by atoms with E-state index in [4.69, 9.17) is 0 Å². The van der Waals surface area contributed by atoms with Crippen LogP contribution in [-0.4, -0.2) is 72.6 Å². The van der Waals surface area contributed by atoms with Gasteiger partial charge in [0.25, 0.3) is 5.91 Å². The SMILES string of the molecule is Cc1nnc(SCC2=C(C(=O)O)N3C(=O)[C@@H]4[C@H]3C2CCN4C(=O)O)s1. The van der Waals surface area contributed by atoms with E-state index in [0.717, 1.165) is 14.2 Å². The molecule has 0 saturated carbocycles. The van der Waals surface area contributed by atoms with Crippen molar-refractivity contribution in [3.63, 3.8) is 0 Å². The molecule has 1 unspecified atom stereocenters. The molecule has 0 aliphatic carbocycles. The molecule has 2 fully saturated rings.